The highest BCUT2D eigenvalue weighted by atomic mass is 16.2. The number of rotatable bonds is 3. The highest BCUT2D eigenvalue weighted by Crippen LogP contribution is 2.35. The highest BCUT2D eigenvalue weighted by molar-refractivity contribution is 5.79. The largest absolute Gasteiger partial charge is 0.342 e. The van der Waals surface area contributed by atoms with Gasteiger partial charge in [-0.15, -0.1) is 0 Å². The quantitative estimate of drug-likeness (QED) is 0.863. The predicted octanol–water partition coefficient (Wildman–Crippen LogP) is 3.03. The zero-order chi connectivity index (χ0) is 14.7. The summed E-state index contributed by atoms with van der Waals surface area (Å²) < 4.78 is 0. The zero-order valence-electron chi connectivity index (χ0n) is 13.5. The maximum atomic E-state index is 12.8. The van der Waals surface area contributed by atoms with E-state index in [0.717, 1.165) is 31.8 Å². The van der Waals surface area contributed by atoms with Crippen LogP contribution in [0.25, 0.3) is 0 Å². The zero-order valence-corrected chi connectivity index (χ0v) is 13.5. The van der Waals surface area contributed by atoms with E-state index in [0.29, 0.717) is 17.7 Å². The van der Waals surface area contributed by atoms with Gasteiger partial charge in [0.2, 0.25) is 5.91 Å². The van der Waals surface area contributed by atoms with Crippen LogP contribution >= 0.6 is 0 Å². The summed E-state index contributed by atoms with van der Waals surface area (Å²) in [5.74, 6) is 2.45. The maximum Gasteiger partial charge on any atom is 0.226 e. The molecule has 0 aromatic carbocycles. The number of hydrogen-bond donors (Lipinski definition) is 1. The molecule has 1 saturated heterocycles. The maximum absolute atomic E-state index is 12.8. The molecule has 3 nitrogen and oxygen atoms in total. The Labute approximate surface area is 124 Å². The lowest BCUT2D eigenvalue weighted by Crippen LogP contribution is -2.48. The molecule has 2 rings (SSSR count). The van der Waals surface area contributed by atoms with Gasteiger partial charge in [0.15, 0.2) is 0 Å². The Hall–Kier alpha value is -0.570. The molecule has 116 valence electrons. The van der Waals surface area contributed by atoms with Crippen LogP contribution in [0.4, 0.5) is 0 Å². The smallest absolute Gasteiger partial charge is 0.226 e. The molecule has 0 bridgehead atoms. The van der Waals surface area contributed by atoms with Crippen molar-refractivity contribution in [1.29, 1.82) is 0 Å². The van der Waals surface area contributed by atoms with Crippen molar-refractivity contribution >= 4 is 5.91 Å². The summed E-state index contributed by atoms with van der Waals surface area (Å²) in [7, 11) is 0. The average molecular weight is 280 g/mol. The van der Waals surface area contributed by atoms with Crippen LogP contribution in [0.3, 0.4) is 0 Å². The Bertz CT molecular complexity index is 323. The third-order valence-electron chi connectivity index (χ3n) is 5.63. The lowest BCUT2D eigenvalue weighted by molar-refractivity contribution is -0.140. The summed E-state index contributed by atoms with van der Waals surface area (Å²) in [4.78, 5) is 14.9. The Morgan fingerprint density at radius 2 is 1.80 bits per heavy atom. The third kappa shape index (κ3) is 3.55. The average Bonchev–Trinajstić information content (AvgIpc) is 2.43. The minimum atomic E-state index is 0.170. The van der Waals surface area contributed by atoms with Crippen molar-refractivity contribution in [2.24, 2.45) is 29.4 Å². The number of nitrogens with zero attached hydrogens (tertiary/aromatic N) is 1. The van der Waals surface area contributed by atoms with Gasteiger partial charge in [0, 0.05) is 25.0 Å². The second-order valence-electron chi connectivity index (χ2n) is 7.25. The molecule has 4 unspecified atom stereocenters. The van der Waals surface area contributed by atoms with Gasteiger partial charge in [-0.25, -0.2) is 0 Å². The molecule has 1 amide bonds. The molecular formula is C17H32N2O. The first kappa shape index (κ1) is 15.8. The van der Waals surface area contributed by atoms with Gasteiger partial charge < -0.3 is 10.6 Å². The fourth-order valence-electron chi connectivity index (χ4n) is 4.11. The van der Waals surface area contributed by atoms with E-state index < -0.39 is 0 Å². The molecule has 4 atom stereocenters. The first-order valence-electron chi connectivity index (χ1n) is 8.57. The molecule has 0 aromatic rings. The second-order valence-corrected chi connectivity index (χ2v) is 7.25. The number of nitrogens with two attached hydrogens (primary N) is 1. The van der Waals surface area contributed by atoms with Crippen molar-refractivity contribution in [3.8, 4) is 0 Å². The van der Waals surface area contributed by atoms with Crippen LogP contribution in [0.1, 0.15) is 59.3 Å². The minimum Gasteiger partial charge on any atom is -0.342 e. The van der Waals surface area contributed by atoms with E-state index >= 15 is 0 Å². The van der Waals surface area contributed by atoms with Crippen LogP contribution in [0.15, 0.2) is 0 Å². The molecule has 2 N–H and O–H groups in total. The van der Waals surface area contributed by atoms with Crippen molar-refractivity contribution in [2.75, 3.05) is 13.1 Å². The standard InChI is InChI=1S/C17H32N2O/c1-4-5-14-6-8-19(9-7-14)17(20)15-11-16(18)13(3)10-12(15)2/h12-16H,4-11,18H2,1-3H3. The Morgan fingerprint density at radius 1 is 1.15 bits per heavy atom. The predicted molar refractivity (Wildman–Crippen MR) is 83.2 cm³/mol. The van der Waals surface area contributed by atoms with Crippen LogP contribution in [0, 0.1) is 23.7 Å². The van der Waals surface area contributed by atoms with Gasteiger partial charge in [0.1, 0.15) is 0 Å². The van der Waals surface area contributed by atoms with Crippen LogP contribution in [-0.4, -0.2) is 29.9 Å². The van der Waals surface area contributed by atoms with E-state index in [1.165, 1.54) is 25.7 Å². The molecular weight excluding hydrogens is 248 g/mol. The number of likely N-dealkylation sites (tertiary alicyclic amines) is 1. The molecule has 0 aromatic heterocycles. The molecule has 1 aliphatic heterocycles. The minimum absolute atomic E-state index is 0.170. The molecule has 3 heteroatoms. The van der Waals surface area contributed by atoms with Gasteiger partial charge in [-0.2, -0.15) is 0 Å². The number of amides is 1. The fourth-order valence-corrected chi connectivity index (χ4v) is 4.11. The van der Waals surface area contributed by atoms with Gasteiger partial charge >= 0.3 is 0 Å². The third-order valence-corrected chi connectivity index (χ3v) is 5.63. The Kier molecular flexibility index (Phi) is 5.48. The first-order valence-corrected chi connectivity index (χ1v) is 8.57. The van der Waals surface area contributed by atoms with Crippen LogP contribution < -0.4 is 5.73 Å². The summed E-state index contributed by atoms with van der Waals surface area (Å²) in [6, 6.07) is 0.206. The van der Waals surface area contributed by atoms with Crippen molar-refractivity contribution in [1.82, 2.24) is 4.90 Å². The number of carbonyl (C=O) groups excluding carboxylic acids is 1. The summed E-state index contributed by atoms with van der Waals surface area (Å²) in [6.07, 6.45) is 6.97. The first-order chi connectivity index (χ1) is 9.52. The normalized spacial score (nSPS) is 36.1. The lowest BCUT2D eigenvalue weighted by Gasteiger charge is -2.40. The van der Waals surface area contributed by atoms with Crippen LogP contribution in [0.5, 0.6) is 0 Å². The molecule has 1 saturated carbocycles. The molecule has 2 aliphatic rings. The summed E-state index contributed by atoms with van der Waals surface area (Å²) in [5, 5.41) is 0. The molecule has 1 heterocycles. The summed E-state index contributed by atoms with van der Waals surface area (Å²) in [6.45, 7) is 8.64. The molecule has 2 fully saturated rings. The lowest BCUT2D eigenvalue weighted by atomic mass is 9.72. The summed E-state index contributed by atoms with van der Waals surface area (Å²) in [5.41, 5.74) is 6.19. The van der Waals surface area contributed by atoms with Gasteiger partial charge in [-0.3, -0.25) is 4.79 Å². The number of piperidine rings is 1. The van der Waals surface area contributed by atoms with E-state index in [2.05, 4.69) is 25.7 Å². The van der Waals surface area contributed by atoms with E-state index in [1.807, 2.05) is 0 Å². The van der Waals surface area contributed by atoms with E-state index in [1.54, 1.807) is 0 Å². The van der Waals surface area contributed by atoms with Crippen molar-refractivity contribution in [3.63, 3.8) is 0 Å². The van der Waals surface area contributed by atoms with Crippen LogP contribution in [0.2, 0.25) is 0 Å². The van der Waals surface area contributed by atoms with E-state index in [9.17, 15) is 4.79 Å². The van der Waals surface area contributed by atoms with Crippen molar-refractivity contribution < 1.29 is 4.79 Å². The van der Waals surface area contributed by atoms with Crippen LogP contribution in [-0.2, 0) is 4.79 Å². The van der Waals surface area contributed by atoms with Crippen molar-refractivity contribution in [2.45, 2.75) is 65.3 Å². The SMILES string of the molecule is CCCC1CCN(C(=O)C2CC(N)C(C)CC2C)CC1. The number of carbonyl (C=O) groups is 1. The Morgan fingerprint density at radius 3 is 2.40 bits per heavy atom. The molecule has 20 heavy (non-hydrogen) atoms. The molecule has 0 spiro atoms. The van der Waals surface area contributed by atoms with Gasteiger partial charge in [-0.1, -0.05) is 33.6 Å². The second kappa shape index (κ2) is 6.93. The van der Waals surface area contributed by atoms with Gasteiger partial charge in [0.25, 0.3) is 0 Å². The van der Waals surface area contributed by atoms with Gasteiger partial charge in [0.05, 0.1) is 0 Å². The van der Waals surface area contributed by atoms with Crippen molar-refractivity contribution in [3.05, 3.63) is 0 Å². The molecule has 0 radical (unpaired) electrons. The van der Waals surface area contributed by atoms with E-state index in [4.69, 9.17) is 5.73 Å². The molecule has 1 aliphatic carbocycles. The fraction of sp³-hybridized carbons (Fsp3) is 0.941. The highest BCUT2D eigenvalue weighted by Gasteiger charge is 2.37. The number of hydrogen-bond acceptors (Lipinski definition) is 2. The van der Waals surface area contributed by atoms with E-state index in [-0.39, 0.29) is 12.0 Å². The van der Waals surface area contributed by atoms with Gasteiger partial charge in [-0.05, 0) is 43.4 Å². The summed E-state index contributed by atoms with van der Waals surface area (Å²) >= 11 is 0. The topological polar surface area (TPSA) is 46.3 Å². The Balaban J connectivity index is 1.88. The monoisotopic (exact) mass is 280 g/mol.